The van der Waals surface area contributed by atoms with Gasteiger partial charge in [0, 0.05) is 130 Å². The quantitative estimate of drug-likeness (QED) is 0.369. The molecule has 0 amide bonds. The third-order valence-electron chi connectivity index (χ3n) is 0. The zero-order chi connectivity index (χ0) is 0. The first-order valence-corrected chi connectivity index (χ1v) is 0. The minimum Gasteiger partial charge on any atom is -0.412 e. The molecular formula is H12B2Ca3O6. The van der Waals surface area contributed by atoms with Crippen LogP contribution in [-0.2, 0) is 0 Å². The first-order chi connectivity index (χ1) is 0. The fourth-order valence-corrected chi connectivity index (χ4v) is 0. The minimum atomic E-state index is 0. The molecule has 6 nitrogen and oxygen atoms in total. The van der Waals surface area contributed by atoms with E-state index in [1.165, 1.54) is 0 Å². The van der Waals surface area contributed by atoms with Crippen LogP contribution in [0.1, 0.15) is 0 Å². The molecule has 0 aliphatic heterocycles. The molecule has 0 saturated carbocycles. The van der Waals surface area contributed by atoms with Crippen LogP contribution in [0.25, 0.3) is 0 Å². The van der Waals surface area contributed by atoms with Gasteiger partial charge in [0.2, 0.25) is 0 Å². The largest absolute Gasteiger partial charge is 0.412 e. The van der Waals surface area contributed by atoms with Crippen molar-refractivity contribution < 1.29 is 32.9 Å². The van der Waals surface area contributed by atoms with Gasteiger partial charge < -0.3 is 32.9 Å². The van der Waals surface area contributed by atoms with Gasteiger partial charge in [-0.25, -0.2) is 0 Å². The molecule has 0 aliphatic rings. The topological polar surface area (TPSA) is 189 Å². The van der Waals surface area contributed by atoms with E-state index in [1.807, 2.05) is 0 Å². The maximum Gasteiger partial charge on any atom is 0 e. The van der Waals surface area contributed by atoms with Gasteiger partial charge in [0.1, 0.15) is 0 Å². The van der Waals surface area contributed by atoms with Gasteiger partial charge >= 0.3 is 0 Å². The van der Waals surface area contributed by atoms with Gasteiger partial charge in [0.05, 0.1) is 0 Å². The molecule has 0 aliphatic carbocycles. The van der Waals surface area contributed by atoms with Crippen molar-refractivity contribution in [2.24, 2.45) is 0 Å². The van der Waals surface area contributed by atoms with Crippen molar-refractivity contribution in [2.75, 3.05) is 0 Å². The molecule has 60 valence electrons. The summed E-state index contributed by atoms with van der Waals surface area (Å²) in [7, 11) is 0. The van der Waals surface area contributed by atoms with Crippen molar-refractivity contribution >= 4 is 130 Å². The van der Waals surface area contributed by atoms with Gasteiger partial charge in [0.25, 0.3) is 0 Å². The second-order valence-electron chi connectivity index (χ2n) is 0. The predicted octanol–water partition coefficient (Wildman–Crippen LogP) is -6.85. The Kier molecular flexibility index (Phi) is 3020. The van der Waals surface area contributed by atoms with E-state index in [0.29, 0.717) is 0 Å². The first-order valence-electron chi connectivity index (χ1n) is 0. The van der Waals surface area contributed by atoms with E-state index in [9.17, 15) is 0 Å². The second kappa shape index (κ2) is 163. The van der Waals surface area contributed by atoms with Gasteiger partial charge in [-0.05, 0) is 0 Å². The molecule has 0 spiro atoms. The van der Waals surface area contributed by atoms with Crippen LogP contribution in [0.4, 0.5) is 0 Å². The van der Waals surface area contributed by atoms with Crippen LogP contribution in [0.15, 0.2) is 0 Å². The Bertz CT molecular complexity index is 15.8. The molecule has 12 N–H and O–H groups in total. The molecule has 0 unspecified atom stereocenters. The van der Waals surface area contributed by atoms with E-state index in [2.05, 4.69) is 0 Å². The van der Waals surface area contributed by atoms with Crippen molar-refractivity contribution in [2.45, 2.75) is 0 Å². The summed E-state index contributed by atoms with van der Waals surface area (Å²) in [6.07, 6.45) is 0. The van der Waals surface area contributed by atoms with Crippen LogP contribution in [0, 0.1) is 0 Å². The molecule has 0 aromatic heterocycles. The van der Waals surface area contributed by atoms with Crippen LogP contribution < -0.4 is 0 Å². The number of hydrogen-bond acceptors (Lipinski definition) is 0. The average molecular weight is 250 g/mol. The van der Waals surface area contributed by atoms with Crippen LogP contribution in [0.5, 0.6) is 0 Å². The monoisotopic (exact) mass is 250 g/mol. The zero-order valence-corrected chi connectivity index (χ0v) is 12.9. The summed E-state index contributed by atoms with van der Waals surface area (Å²) in [5.41, 5.74) is 0. The Morgan fingerprint density at radius 2 is 0.273 bits per heavy atom. The molecule has 0 atom stereocenters. The van der Waals surface area contributed by atoms with Crippen molar-refractivity contribution in [3.63, 3.8) is 0 Å². The molecule has 0 aromatic rings. The Labute approximate surface area is 159 Å². The smallest absolute Gasteiger partial charge is 0 e. The molecule has 0 aromatic carbocycles. The summed E-state index contributed by atoms with van der Waals surface area (Å²) in [6, 6.07) is 0. The molecule has 0 fully saturated rings. The summed E-state index contributed by atoms with van der Waals surface area (Å²) in [6.45, 7) is 0. The van der Waals surface area contributed by atoms with E-state index in [0.717, 1.165) is 0 Å². The summed E-state index contributed by atoms with van der Waals surface area (Å²) in [5, 5.41) is 0. The van der Waals surface area contributed by atoms with Crippen LogP contribution >= 0.6 is 0 Å². The maximum atomic E-state index is 0. The number of hydrogen-bond donors (Lipinski definition) is 0. The fraction of sp³-hybridized carbons (Fsp3) is 0. The van der Waals surface area contributed by atoms with E-state index in [4.69, 9.17) is 0 Å². The van der Waals surface area contributed by atoms with E-state index < -0.39 is 0 Å². The molecule has 0 rings (SSSR count). The molecule has 12 radical (unpaired) electrons. The number of rotatable bonds is 0. The zero-order valence-electron chi connectivity index (χ0n) is 6.28. The molecule has 0 saturated heterocycles. The Hall–Kier alpha value is 3.67. The van der Waals surface area contributed by atoms with Crippen molar-refractivity contribution in [1.29, 1.82) is 0 Å². The summed E-state index contributed by atoms with van der Waals surface area (Å²) >= 11 is 0. The second-order valence-corrected chi connectivity index (χ2v) is 0. The van der Waals surface area contributed by atoms with Gasteiger partial charge in [-0.2, -0.15) is 0 Å². The predicted molar refractivity (Wildman–Crippen MR) is 50.5 cm³/mol. The molecular weight excluding hydrogens is 238 g/mol. The molecule has 0 heterocycles. The fourth-order valence-electron chi connectivity index (χ4n) is 0. The molecule has 0 bridgehead atoms. The summed E-state index contributed by atoms with van der Waals surface area (Å²) < 4.78 is 0. The summed E-state index contributed by atoms with van der Waals surface area (Å²) in [4.78, 5) is 0. The maximum absolute atomic E-state index is 0. The standard InChI is InChI=1S/2B.3Ca.6H2O/h;;;;;6*1H2. The van der Waals surface area contributed by atoms with Gasteiger partial charge in [-0.3, -0.25) is 0 Å². The minimum absolute atomic E-state index is 0. The summed E-state index contributed by atoms with van der Waals surface area (Å²) in [5.74, 6) is 0. The van der Waals surface area contributed by atoms with Crippen molar-refractivity contribution in [3.05, 3.63) is 0 Å². The Morgan fingerprint density at radius 1 is 0.273 bits per heavy atom. The average Bonchev–Trinajstić information content (AvgIpc) is 0. The Balaban J connectivity index is 0. The van der Waals surface area contributed by atoms with Gasteiger partial charge in [-0.15, -0.1) is 0 Å². The first kappa shape index (κ1) is 204. The van der Waals surface area contributed by atoms with E-state index in [1.54, 1.807) is 0 Å². The molecule has 11 heteroatoms. The van der Waals surface area contributed by atoms with Gasteiger partial charge in [-0.1, -0.05) is 0 Å². The van der Waals surface area contributed by atoms with Crippen molar-refractivity contribution in [1.82, 2.24) is 0 Å². The van der Waals surface area contributed by atoms with Gasteiger partial charge in [0.15, 0.2) is 0 Å². The van der Waals surface area contributed by atoms with E-state index >= 15 is 0 Å². The third kappa shape index (κ3) is 138. The molecule has 11 heavy (non-hydrogen) atoms. The van der Waals surface area contributed by atoms with E-state index in [-0.39, 0.29) is 163 Å². The van der Waals surface area contributed by atoms with Crippen LogP contribution in [0.3, 0.4) is 0 Å². The van der Waals surface area contributed by atoms with Crippen LogP contribution in [0.2, 0.25) is 0 Å². The Morgan fingerprint density at radius 3 is 0.273 bits per heavy atom. The SMILES string of the molecule is O.O.O.O.O.O.[B].[B].[Ca].[Ca].[Ca]. The normalized spacial score (nSPS) is 0. The third-order valence-corrected chi connectivity index (χ3v) is 0. The van der Waals surface area contributed by atoms with Crippen LogP contribution in [-0.4, -0.2) is 163 Å². The van der Waals surface area contributed by atoms with Crippen molar-refractivity contribution in [3.8, 4) is 0 Å².